The van der Waals surface area contributed by atoms with E-state index in [-0.39, 0.29) is 42.0 Å². The van der Waals surface area contributed by atoms with Crippen molar-refractivity contribution in [3.8, 4) is 23.2 Å². The van der Waals surface area contributed by atoms with E-state index in [4.69, 9.17) is 26.8 Å². The van der Waals surface area contributed by atoms with Crippen LogP contribution in [0, 0.1) is 28.4 Å². The number of rotatable bonds is 6. The van der Waals surface area contributed by atoms with Gasteiger partial charge in [-0.2, -0.15) is 28.4 Å². The molecule has 46 heavy (non-hydrogen) atoms. The third-order valence-corrected chi connectivity index (χ3v) is 9.61. The lowest BCUT2D eigenvalue weighted by Crippen LogP contribution is -2.52. The van der Waals surface area contributed by atoms with E-state index < -0.39 is 61.7 Å². The smallest absolute Gasteiger partial charge is 0.418 e. The Hall–Kier alpha value is -3.51. The Kier molecular flexibility index (Phi) is 8.42. The maximum atomic E-state index is 16.7. The minimum atomic E-state index is -5.18. The molecule has 0 aliphatic carbocycles. The second-order valence-corrected chi connectivity index (χ2v) is 13.1. The molecule has 246 valence electrons. The van der Waals surface area contributed by atoms with Gasteiger partial charge >= 0.3 is 12.2 Å². The van der Waals surface area contributed by atoms with Crippen molar-refractivity contribution in [2.45, 2.75) is 50.6 Å². The van der Waals surface area contributed by atoms with Crippen LogP contribution < -0.4 is 20.7 Å². The molecule has 0 amide bonds. The number of hydrogen-bond acceptors (Lipinski definition) is 9. The molecular formula is C31H33ClF5N7O2. The zero-order chi connectivity index (χ0) is 33.1. The van der Waals surface area contributed by atoms with Crippen molar-refractivity contribution in [2.24, 2.45) is 5.41 Å². The van der Waals surface area contributed by atoms with E-state index in [0.717, 1.165) is 37.9 Å². The van der Waals surface area contributed by atoms with Crippen molar-refractivity contribution in [2.75, 3.05) is 57.6 Å². The second kappa shape index (κ2) is 11.9. The molecule has 3 saturated heterocycles. The maximum absolute atomic E-state index is 16.7. The number of nitrogens with two attached hydrogens (primary N) is 1. The normalized spacial score (nSPS) is 25.2. The molecule has 2 bridgehead atoms. The summed E-state index contributed by atoms with van der Waals surface area (Å²) in [6.07, 6.45) is -2.74. The van der Waals surface area contributed by atoms with Gasteiger partial charge in [-0.3, -0.25) is 0 Å². The summed E-state index contributed by atoms with van der Waals surface area (Å²) < 4.78 is 87.6. The van der Waals surface area contributed by atoms with E-state index in [9.17, 15) is 18.4 Å². The average molecular weight is 666 g/mol. The Morgan fingerprint density at radius 3 is 2.48 bits per heavy atom. The van der Waals surface area contributed by atoms with Crippen LogP contribution in [0.4, 0.5) is 33.5 Å². The van der Waals surface area contributed by atoms with Crippen molar-refractivity contribution in [1.82, 2.24) is 20.2 Å². The fourth-order valence-electron chi connectivity index (χ4n) is 7.24. The molecular weight excluding hydrogens is 633 g/mol. The molecule has 4 atom stereocenters. The van der Waals surface area contributed by atoms with E-state index in [1.54, 1.807) is 13.2 Å². The van der Waals surface area contributed by atoms with E-state index >= 15 is 8.78 Å². The number of alkyl halides is 3. The largest absolute Gasteiger partial charge is 0.463 e. The number of benzene rings is 2. The van der Waals surface area contributed by atoms with Gasteiger partial charge < -0.3 is 30.3 Å². The SMILES string of the molecule is CO[C@H]1CCN(C)C[C@@]1(C)COc1nc(N2C[C@H]3CC[C@@H](C2)N3)c2cc(F)c(-c3c(C#N)c(N)cc(Cl)c3C(F)(F)F)c(F)c2n1. The van der Waals surface area contributed by atoms with Gasteiger partial charge in [0.2, 0.25) is 0 Å². The quantitative estimate of drug-likeness (QED) is 0.265. The molecule has 2 aromatic carbocycles. The monoisotopic (exact) mass is 665 g/mol. The van der Waals surface area contributed by atoms with Crippen LogP contribution in [0.25, 0.3) is 22.0 Å². The molecule has 3 N–H and O–H groups in total. The maximum Gasteiger partial charge on any atom is 0.418 e. The average Bonchev–Trinajstić information content (AvgIpc) is 3.32. The van der Waals surface area contributed by atoms with Crippen molar-refractivity contribution in [3.63, 3.8) is 0 Å². The first-order valence-electron chi connectivity index (χ1n) is 14.9. The van der Waals surface area contributed by atoms with E-state index in [1.165, 1.54) is 0 Å². The number of ether oxygens (including phenoxy) is 2. The summed E-state index contributed by atoms with van der Waals surface area (Å²) in [5, 5.41) is 12.3. The molecule has 3 aliphatic heterocycles. The zero-order valence-corrected chi connectivity index (χ0v) is 26.2. The number of fused-ring (bicyclic) bond motifs is 3. The highest BCUT2D eigenvalue weighted by molar-refractivity contribution is 6.32. The minimum absolute atomic E-state index is 0.0483. The Morgan fingerprint density at radius 2 is 1.85 bits per heavy atom. The van der Waals surface area contributed by atoms with Gasteiger partial charge in [-0.25, -0.2) is 8.78 Å². The van der Waals surface area contributed by atoms with Crippen LogP contribution in [-0.4, -0.2) is 80.0 Å². The number of aromatic nitrogens is 2. The zero-order valence-electron chi connectivity index (χ0n) is 25.4. The highest BCUT2D eigenvalue weighted by atomic mass is 35.5. The molecule has 0 saturated carbocycles. The Bertz CT molecular complexity index is 1720. The molecule has 6 rings (SSSR count). The Morgan fingerprint density at radius 1 is 1.15 bits per heavy atom. The molecule has 4 heterocycles. The number of likely N-dealkylation sites (tertiary alicyclic amines) is 1. The van der Waals surface area contributed by atoms with Crippen LogP contribution in [0.5, 0.6) is 6.01 Å². The van der Waals surface area contributed by atoms with Crippen molar-refractivity contribution in [3.05, 3.63) is 39.9 Å². The highest BCUT2D eigenvalue weighted by Crippen LogP contribution is 2.48. The summed E-state index contributed by atoms with van der Waals surface area (Å²) in [5.74, 6) is -2.59. The van der Waals surface area contributed by atoms with Crippen molar-refractivity contribution >= 4 is 34.0 Å². The fourth-order valence-corrected chi connectivity index (χ4v) is 7.55. The van der Waals surface area contributed by atoms with Crippen LogP contribution in [0.1, 0.15) is 37.3 Å². The first-order valence-corrected chi connectivity index (χ1v) is 15.3. The summed E-state index contributed by atoms with van der Waals surface area (Å²) >= 11 is 5.94. The summed E-state index contributed by atoms with van der Waals surface area (Å²) in [5.41, 5.74) is -0.156. The number of halogens is 6. The van der Waals surface area contributed by atoms with Gasteiger partial charge in [0.05, 0.1) is 33.5 Å². The highest BCUT2D eigenvalue weighted by Gasteiger charge is 2.42. The molecule has 3 aromatic rings. The molecule has 1 aromatic heterocycles. The molecule has 3 aliphatic rings. The molecule has 3 fully saturated rings. The molecule has 15 heteroatoms. The third-order valence-electron chi connectivity index (χ3n) is 9.31. The first-order chi connectivity index (χ1) is 21.7. The van der Waals surface area contributed by atoms with Crippen molar-refractivity contribution in [1.29, 1.82) is 5.26 Å². The minimum Gasteiger partial charge on any atom is -0.463 e. The first kappa shape index (κ1) is 32.4. The van der Waals surface area contributed by atoms with Gasteiger partial charge in [0.1, 0.15) is 29.8 Å². The standard InChI is InChI=1S/C31H33ClF5N7O2/c1-30(13-43(2)7-6-22(30)45-3)14-46-29-41-27-17(28(42-29)44-11-15-4-5-16(12-44)40-15)8-20(33)24(26(27)34)23-18(10-38)21(39)9-19(32)25(23)31(35,36)37/h8-9,15-16,22,40H,4-7,11-14,39H2,1-3H3/t15-,16+,22-,30-/m0/s1. The fraction of sp³-hybridized carbons (Fsp3) is 0.516. The number of anilines is 2. The summed E-state index contributed by atoms with van der Waals surface area (Å²) in [6.45, 7) is 4.52. The van der Waals surface area contributed by atoms with E-state index in [1.807, 2.05) is 18.9 Å². The van der Waals surface area contributed by atoms with Crippen LogP contribution in [-0.2, 0) is 10.9 Å². The number of nitrogens with zero attached hydrogens (tertiary/aromatic N) is 5. The second-order valence-electron chi connectivity index (χ2n) is 12.7. The van der Waals surface area contributed by atoms with Crippen LogP contribution >= 0.6 is 11.6 Å². The van der Waals surface area contributed by atoms with Crippen LogP contribution in [0.2, 0.25) is 5.02 Å². The van der Waals surface area contributed by atoms with Gasteiger partial charge in [-0.15, -0.1) is 0 Å². The predicted molar refractivity (Wildman–Crippen MR) is 163 cm³/mol. The number of piperazine rings is 1. The lowest BCUT2D eigenvalue weighted by atomic mass is 9.80. The number of methoxy groups -OCH3 is 1. The van der Waals surface area contributed by atoms with Gasteiger partial charge in [-0.05, 0) is 38.4 Å². The lowest BCUT2D eigenvalue weighted by molar-refractivity contribution is -0.137. The summed E-state index contributed by atoms with van der Waals surface area (Å²) in [6, 6.07) is 3.23. The molecule has 0 spiro atoms. The Balaban J connectivity index is 1.55. The van der Waals surface area contributed by atoms with Crippen LogP contribution in [0.15, 0.2) is 12.1 Å². The Labute approximate surface area is 267 Å². The van der Waals surface area contributed by atoms with E-state index in [0.29, 0.717) is 19.6 Å². The molecule has 9 nitrogen and oxygen atoms in total. The lowest BCUT2D eigenvalue weighted by Gasteiger charge is -2.43. The molecule has 0 unspecified atom stereocenters. The number of nitrogens with one attached hydrogen (secondary N) is 1. The number of hydrogen-bond donors (Lipinski definition) is 2. The van der Waals surface area contributed by atoms with Gasteiger partial charge in [0.15, 0.2) is 5.82 Å². The number of nitrogen functional groups attached to an aromatic ring is 1. The predicted octanol–water partition coefficient (Wildman–Crippen LogP) is 5.38. The topological polar surface area (TPSA) is 113 Å². The van der Waals surface area contributed by atoms with Crippen LogP contribution in [0.3, 0.4) is 0 Å². The van der Waals surface area contributed by atoms with Gasteiger partial charge in [-0.1, -0.05) is 18.5 Å². The van der Waals surface area contributed by atoms with E-state index in [2.05, 4.69) is 20.2 Å². The summed E-state index contributed by atoms with van der Waals surface area (Å²) in [4.78, 5) is 12.9. The molecule has 0 radical (unpaired) electrons. The van der Waals surface area contributed by atoms with Crippen molar-refractivity contribution < 1.29 is 31.4 Å². The third kappa shape index (κ3) is 5.67. The van der Waals surface area contributed by atoms with Gasteiger partial charge in [0.25, 0.3) is 0 Å². The number of nitriles is 1. The summed E-state index contributed by atoms with van der Waals surface area (Å²) in [7, 11) is 3.60. The number of piperidine rings is 1. The van der Waals surface area contributed by atoms with Gasteiger partial charge in [0, 0.05) is 61.7 Å².